The highest BCUT2D eigenvalue weighted by molar-refractivity contribution is 5.50. The van der Waals surface area contributed by atoms with E-state index in [1.165, 1.54) is 0 Å². The lowest BCUT2D eigenvalue weighted by Gasteiger charge is -1.90. The summed E-state index contributed by atoms with van der Waals surface area (Å²) in [4.78, 5) is 7.92. The van der Waals surface area contributed by atoms with Crippen LogP contribution in [0.1, 0.15) is 0 Å². The summed E-state index contributed by atoms with van der Waals surface area (Å²) in [7, 11) is 0. The first-order chi connectivity index (χ1) is 5.47. The van der Waals surface area contributed by atoms with Crippen molar-refractivity contribution in [1.82, 2.24) is 9.97 Å². The third-order valence-corrected chi connectivity index (χ3v) is 1.34. The molecule has 2 rings (SSSR count). The zero-order chi connectivity index (χ0) is 7.52. The van der Waals surface area contributed by atoms with E-state index >= 15 is 0 Å². The summed E-state index contributed by atoms with van der Waals surface area (Å²) >= 11 is 0. The van der Waals surface area contributed by atoms with Gasteiger partial charge in [-0.1, -0.05) is 0 Å². The maximum absolute atomic E-state index is 5.07. The molecule has 0 spiro atoms. The van der Waals surface area contributed by atoms with Crippen molar-refractivity contribution >= 4 is 0 Å². The summed E-state index contributed by atoms with van der Waals surface area (Å²) in [6, 6.07) is 3.75. The summed E-state index contributed by atoms with van der Waals surface area (Å²) in [5.74, 6) is 0.609. The van der Waals surface area contributed by atoms with Gasteiger partial charge in [-0.2, -0.15) is 0 Å². The first-order valence-corrected chi connectivity index (χ1v) is 3.27. The quantitative estimate of drug-likeness (QED) is 0.615. The maximum Gasteiger partial charge on any atom is 0.227 e. The molecular weight excluding hydrogens is 140 g/mol. The standard InChI is InChI=1S/C8H6N2O/c1-2-7(6-9-3-1)8-10-4-5-11-8/h1-6H. The molecule has 2 aromatic heterocycles. The lowest BCUT2D eigenvalue weighted by Crippen LogP contribution is -1.76. The Morgan fingerprint density at radius 3 is 2.91 bits per heavy atom. The molecule has 54 valence electrons. The second kappa shape index (κ2) is 2.54. The second-order valence-electron chi connectivity index (χ2n) is 2.08. The van der Waals surface area contributed by atoms with Crippen LogP contribution in [0.5, 0.6) is 0 Å². The second-order valence-corrected chi connectivity index (χ2v) is 2.08. The van der Waals surface area contributed by atoms with Gasteiger partial charge in [0.15, 0.2) is 0 Å². The zero-order valence-corrected chi connectivity index (χ0v) is 5.77. The van der Waals surface area contributed by atoms with Crippen molar-refractivity contribution in [2.45, 2.75) is 0 Å². The van der Waals surface area contributed by atoms with Gasteiger partial charge < -0.3 is 4.42 Å². The van der Waals surface area contributed by atoms with Crippen LogP contribution >= 0.6 is 0 Å². The molecule has 3 heteroatoms. The van der Waals surface area contributed by atoms with Crippen molar-refractivity contribution in [3.8, 4) is 11.5 Å². The van der Waals surface area contributed by atoms with Crippen LogP contribution in [-0.2, 0) is 0 Å². The van der Waals surface area contributed by atoms with Crippen LogP contribution in [0.4, 0.5) is 0 Å². The minimum atomic E-state index is 0.609. The Kier molecular flexibility index (Phi) is 1.41. The fraction of sp³-hybridized carbons (Fsp3) is 0. The highest BCUT2D eigenvalue weighted by Gasteiger charge is 1.98. The van der Waals surface area contributed by atoms with E-state index in [0.29, 0.717) is 5.89 Å². The van der Waals surface area contributed by atoms with E-state index in [1.54, 1.807) is 24.9 Å². The van der Waals surface area contributed by atoms with Crippen LogP contribution in [0.2, 0.25) is 0 Å². The molecule has 0 amide bonds. The van der Waals surface area contributed by atoms with E-state index in [1.807, 2.05) is 12.1 Å². The Bertz CT molecular complexity index is 315. The average Bonchev–Trinajstić information content (AvgIpc) is 2.58. The molecule has 0 fully saturated rings. The molecule has 3 nitrogen and oxygen atoms in total. The first kappa shape index (κ1) is 6.09. The lowest BCUT2D eigenvalue weighted by molar-refractivity contribution is 0.574. The summed E-state index contributed by atoms with van der Waals surface area (Å²) in [5, 5.41) is 0. The molecule has 0 saturated carbocycles. The minimum Gasteiger partial charge on any atom is -0.444 e. The van der Waals surface area contributed by atoms with Crippen molar-refractivity contribution in [3.63, 3.8) is 0 Å². The molecule has 0 aromatic carbocycles. The summed E-state index contributed by atoms with van der Waals surface area (Å²) in [6.45, 7) is 0. The van der Waals surface area contributed by atoms with Crippen LogP contribution in [0.3, 0.4) is 0 Å². The van der Waals surface area contributed by atoms with Crippen LogP contribution in [0, 0.1) is 0 Å². The number of rotatable bonds is 1. The number of hydrogen-bond donors (Lipinski definition) is 0. The third-order valence-electron chi connectivity index (χ3n) is 1.34. The van der Waals surface area contributed by atoms with Gasteiger partial charge in [0.05, 0.1) is 11.8 Å². The Labute approximate surface area is 63.7 Å². The van der Waals surface area contributed by atoms with Gasteiger partial charge in [0, 0.05) is 12.4 Å². The van der Waals surface area contributed by atoms with Crippen molar-refractivity contribution in [2.75, 3.05) is 0 Å². The van der Waals surface area contributed by atoms with Crippen molar-refractivity contribution in [1.29, 1.82) is 0 Å². The van der Waals surface area contributed by atoms with Crippen LogP contribution < -0.4 is 0 Å². The van der Waals surface area contributed by atoms with Gasteiger partial charge in [-0.05, 0) is 12.1 Å². The Hall–Kier alpha value is -1.64. The molecule has 2 heterocycles. The minimum absolute atomic E-state index is 0.609. The maximum atomic E-state index is 5.07. The highest BCUT2D eigenvalue weighted by atomic mass is 16.3. The molecule has 0 aliphatic heterocycles. The van der Waals surface area contributed by atoms with Gasteiger partial charge in [0.2, 0.25) is 5.89 Å². The molecule has 0 aliphatic carbocycles. The molecule has 0 unspecified atom stereocenters. The molecule has 0 N–H and O–H groups in total. The Morgan fingerprint density at radius 2 is 2.27 bits per heavy atom. The topological polar surface area (TPSA) is 38.9 Å². The fourth-order valence-electron chi connectivity index (χ4n) is 0.855. The Balaban J connectivity index is 2.46. The normalized spacial score (nSPS) is 9.82. The van der Waals surface area contributed by atoms with Crippen molar-refractivity contribution in [3.05, 3.63) is 37.0 Å². The van der Waals surface area contributed by atoms with E-state index < -0.39 is 0 Å². The SMILES string of the molecule is c1cncc(-c2ncco2)c1. The number of oxazole rings is 1. The number of aromatic nitrogens is 2. The summed E-state index contributed by atoms with van der Waals surface area (Å²) in [6.07, 6.45) is 6.59. The highest BCUT2D eigenvalue weighted by Crippen LogP contribution is 2.13. The zero-order valence-electron chi connectivity index (χ0n) is 5.77. The van der Waals surface area contributed by atoms with E-state index in [-0.39, 0.29) is 0 Å². The molecule has 0 aliphatic rings. The first-order valence-electron chi connectivity index (χ1n) is 3.27. The van der Waals surface area contributed by atoms with Gasteiger partial charge in [-0.15, -0.1) is 0 Å². The van der Waals surface area contributed by atoms with Crippen LogP contribution in [0.15, 0.2) is 41.4 Å². The molecule has 0 bridgehead atoms. The molecule has 11 heavy (non-hydrogen) atoms. The summed E-state index contributed by atoms with van der Waals surface area (Å²) in [5.41, 5.74) is 0.900. The molecule has 0 radical (unpaired) electrons. The molecular formula is C8H6N2O. The van der Waals surface area contributed by atoms with Crippen LogP contribution in [-0.4, -0.2) is 9.97 Å². The van der Waals surface area contributed by atoms with E-state index in [4.69, 9.17) is 4.42 Å². The van der Waals surface area contributed by atoms with E-state index in [2.05, 4.69) is 9.97 Å². The van der Waals surface area contributed by atoms with Gasteiger partial charge in [0.25, 0.3) is 0 Å². The van der Waals surface area contributed by atoms with Gasteiger partial charge in [0.1, 0.15) is 6.26 Å². The predicted octanol–water partition coefficient (Wildman–Crippen LogP) is 1.74. The smallest absolute Gasteiger partial charge is 0.227 e. The van der Waals surface area contributed by atoms with Crippen molar-refractivity contribution in [2.24, 2.45) is 0 Å². The molecule has 0 atom stereocenters. The van der Waals surface area contributed by atoms with E-state index in [0.717, 1.165) is 5.56 Å². The van der Waals surface area contributed by atoms with E-state index in [9.17, 15) is 0 Å². The number of hydrogen-bond acceptors (Lipinski definition) is 3. The molecule has 2 aromatic rings. The molecule has 0 saturated heterocycles. The van der Waals surface area contributed by atoms with Gasteiger partial charge in [-0.25, -0.2) is 4.98 Å². The van der Waals surface area contributed by atoms with Crippen LogP contribution in [0.25, 0.3) is 11.5 Å². The number of nitrogens with zero attached hydrogens (tertiary/aromatic N) is 2. The van der Waals surface area contributed by atoms with Gasteiger partial charge >= 0.3 is 0 Å². The lowest BCUT2D eigenvalue weighted by atomic mass is 10.3. The van der Waals surface area contributed by atoms with Gasteiger partial charge in [-0.3, -0.25) is 4.98 Å². The monoisotopic (exact) mass is 146 g/mol. The summed E-state index contributed by atoms with van der Waals surface area (Å²) < 4.78 is 5.07. The third kappa shape index (κ3) is 1.12. The largest absolute Gasteiger partial charge is 0.444 e. The Morgan fingerprint density at radius 1 is 1.27 bits per heavy atom. The number of pyridine rings is 1. The fourth-order valence-corrected chi connectivity index (χ4v) is 0.855. The average molecular weight is 146 g/mol. The van der Waals surface area contributed by atoms with Crippen molar-refractivity contribution < 1.29 is 4.42 Å². The predicted molar refractivity (Wildman–Crippen MR) is 39.7 cm³/mol.